The third-order valence-corrected chi connectivity index (χ3v) is 4.08. The summed E-state index contributed by atoms with van der Waals surface area (Å²) >= 11 is 1.39. The minimum atomic E-state index is -0.143. The van der Waals surface area contributed by atoms with E-state index in [4.69, 9.17) is 0 Å². The van der Waals surface area contributed by atoms with Crippen molar-refractivity contribution in [2.75, 3.05) is 18.9 Å². The summed E-state index contributed by atoms with van der Waals surface area (Å²) in [6, 6.07) is 10.7. The average molecular weight is 354 g/mol. The standard InChI is InChI=1S/C16H19N3O2S.ClH/c1-11(17-2)10-18-15(20)12-5-7-13(8-6-12)19-16(21)14-4-3-9-22-14;/h3-9,11,17H,10H2,1-2H3,(H,18,20)(H,19,21);1H. The number of nitrogens with one attached hydrogen (secondary N) is 3. The van der Waals surface area contributed by atoms with Crippen molar-refractivity contribution < 1.29 is 9.59 Å². The van der Waals surface area contributed by atoms with E-state index >= 15 is 0 Å². The highest BCUT2D eigenvalue weighted by Gasteiger charge is 2.09. The summed E-state index contributed by atoms with van der Waals surface area (Å²) in [5.74, 6) is -0.270. The Balaban J connectivity index is 0.00000264. The van der Waals surface area contributed by atoms with Crippen molar-refractivity contribution in [3.63, 3.8) is 0 Å². The van der Waals surface area contributed by atoms with E-state index < -0.39 is 0 Å². The highest BCUT2D eigenvalue weighted by Crippen LogP contribution is 2.14. The number of carbonyl (C=O) groups excluding carboxylic acids is 2. The van der Waals surface area contributed by atoms with E-state index in [0.29, 0.717) is 22.7 Å². The number of likely N-dealkylation sites (N-methyl/N-ethyl adjacent to an activating group) is 1. The molecule has 1 heterocycles. The molecular formula is C16H20ClN3O2S. The second kappa shape index (κ2) is 9.29. The number of halogens is 1. The Morgan fingerprint density at radius 3 is 2.39 bits per heavy atom. The molecule has 0 saturated heterocycles. The SMILES string of the molecule is CNC(C)CNC(=O)c1ccc(NC(=O)c2cccs2)cc1.Cl. The van der Waals surface area contributed by atoms with Crippen LogP contribution in [0.1, 0.15) is 27.0 Å². The van der Waals surface area contributed by atoms with Gasteiger partial charge in [0.2, 0.25) is 0 Å². The number of hydrogen-bond donors (Lipinski definition) is 3. The van der Waals surface area contributed by atoms with E-state index in [1.165, 1.54) is 11.3 Å². The molecule has 1 aromatic heterocycles. The zero-order chi connectivity index (χ0) is 15.9. The van der Waals surface area contributed by atoms with Gasteiger partial charge in [0.15, 0.2) is 0 Å². The Bertz CT molecular complexity index is 629. The second-order valence-corrected chi connectivity index (χ2v) is 5.86. The molecule has 2 aromatic rings. The molecule has 0 radical (unpaired) electrons. The first-order chi connectivity index (χ1) is 10.6. The lowest BCUT2D eigenvalue weighted by atomic mass is 10.2. The largest absolute Gasteiger partial charge is 0.350 e. The van der Waals surface area contributed by atoms with Crippen LogP contribution in [0.4, 0.5) is 5.69 Å². The molecule has 3 N–H and O–H groups in total. The maximum absolute atomic E-state index is 12.0. The fraction of sp³-hybridized carbons (Fsp3) is 0.250. The number of amides is 2. The van der Waals surface area contributed by atoms with Gasteiger partial charge in [-0.15, -0.1) is 23.7 Å². The molecule has 5 nitrogen and oxygen atoms in total. The summed E-state index contributed by atoms with van der Waals surface area (Å²) < 4.78 is 0. The highest BCUT2D eigenvalue weighted by molar-refractivity contribution is 7.12. The van der Waals surface area contributed by atoms with E-state index in [9.17, 15) is 9.59 Å². The zero-order valence-electron chi connectivity index (χ0n) is 13.0. The van der Waals surface area contributed by atoms with Crippen LogP contribution in [0.15, 0.2) is 41.8 Å². The first-order valence-electron chi connectivity index (χ1n) is 7.00. The fourth-order valence-electron chi connectivity index (χ4n) is 1.76. The highest BCUT2D eigenvalue weighted by atomic mass is 35.5. The van der Waals surface area contributed by atoms with Crippen LogP contribution in [0.25, 0.3) is 0 Å². The molecular weight excluding hydrogens is 334 g/mol. The first kappa shape index (κ1) is 19.2. The molecule has 0 saturated carbocycles. The van der Waals surface area contributed by atoms with Gasteiger partial charge in [-0.3, -0.25) is 9.59 Å². The molecule has 124 valence electrons. The summed E-state index contributed by atoms with van der Waals surface area (Å²) in [7, 11) is 1.85. The maximum Gasteiger partial charge on any atom is 0.265 e. The van der Waals surface area contributed by atoms with Crippen LogP contribution < -0.4 is 16.0 Å². The molecule has 2 rings (SSSR count). The second-order valence-electron chi connectivity index (χ2n) is 4.91. The molecule has 2 amide bonds. The molecule has 0 aliphatic carbocycles. The van der Waals surface area contributed by atoms with Crippen LogP contribution in [0.2, 0.25) is 0 Å². The van der Waals surface area contributed by atoms with Gasteiger partial charge in [-0.2, -0.15) is 0 Å². The van der Waals surface area contributed by atoms with Crippen LogP contribution in [0.3, 0.4) is 0 Å². The summed E-state index contributed by atoms with van der Waals surface area (Å²) in [6.45, 7) is 2.55. The Hall–Kier alpha value is -1.89. The number of anilines is 1. The van der Waals surface area contributed by atoms with Gasteiger partial charge in [0.25, 0.3) is 11.8 Å². The molecule has 7 heteroatoms. The monoisotopic (exact) mass is 353 g/mol. The Morgan fingerprint density at radius 1 is 1.13 bits per heavy atom. The lowest BCUT2D eigenvalue weighted by molar-refractivity contribution is 0.0950. The third-order valence-electron chi connectivity index (χ3n) is 3.21. The van der Waals surface area contributed by atoms with Crippen molar-refractivity contribution in [3.8, 4) is 0 Å². The lowest BCUT2D eigenvalue weighted by Crippen LogP contribution is -2.37. The van der Waals surface area contributed by atoms with Gasteiger partial charge in [-0.05, 0) is 49.7 Å². The van der Waals surface area contributed by atoms with E-state index in [1.807, 2.05) is 25.4 Å². The predicted molar refractivity (Wildman–Crippen MR) is 96.8 cm³/mol. The van der Waals surface area contributed by atoms with Gasteiger partial charge in [0.05, 0.1) is 4.88 Å². The molecule has 1 aromatic carbocycles. The maximum atomic E-state index is 12.0. The smallest absolute Gasteiger partial charge is 0.265 e. The van der Waals surface area contributed by atoms with Crippen LogP contribution in [-0.2, 0) is 0 Å². The van der Waals surface area contributed by atoms with E-state index in [-0.39, 0.29) is 30.3 Å². The minimum Gasteiger partial charge on any atom is -0.350 e. The molecule has 1 atom stereocenters. The van der Waals surface area contributed by atoms with Gasteiger partial charge >= 0.3 is 0 Å². The first-order valence-corrected chi connectivity index (χ1v) is 7.88. The number of benzene rings is 1. The molecule has 0 bridgehead atoms. The van der Waals surface area contributed by atoms with Crippen molar-refractivity contribution in [2.45, 2.75) is 13.0 Å². The van der Waals surface area contributed by atoms with Gasteiger partial charge in [-0.25, -0.2) is 0 Å². The van der Waals surface area contributed by atoms with Crippen LogP contribution in [-0.4, -0.2) is 31.4 Å². The topological polar surface area (TPSA) is 70.2 Å². The van der Waals surface area contributed by atoms with Gasteiger partial charge < -0.3 is 16.0 Å². The Kier molecular flexibility index (Phi) is 7.74. The van der Waals surface area contributed by atoms with Crippen LogP contribution in [0, 0.1) is 0 Å². The summed E-state index contributed by atoms with van der Waals surface area (Å²) in [6.07, 6.45) is 0. The molecule has 0 spiro atoms. The van der Waals surface area contributed by atoms with E-state index in [0.717, 1.165) is 0 Å². The van der Waals surface area contributed by atoms with Crippen molar-refractivity contribution in [3.05, 3.63) is 52.2 Å². The number of carbonyl (C=O) groups is 2. The van der Waals surface area contributed by atoms with Crippen molar-refractivity contribution in [1.82, 2.24) is 10.6 Å². The van der Waals surface area contributed by atoms with Gasteiger partial charge in [-0.1, -0.05) is 6.07 Å². The Morgan fingerprint density at radius 2 is 1.83 bits per heavy atom. The normalized spacial score (nSPS) is 11.2. The quantitative estimate of drug-likeness (QED) is 0.747. The minimum absolute atomic E-state index is 0. The van der Waals surface area contributed by atoms with Gasteiger partial charge in [0, 0.05) is 23.8 Å². The molecule has 0 fully saturated rings. The van der Waals surface area contributed by atoms with E-state index in [2.05, 4.69) is 16.0 Å². The lowest BCUT2D eigenvalue weighted by Gasteiger charge is -2.11. The van der Waals surface area contributed by atoms with Crippen molar-refractivity contribution in [1.29, 1.82) is 0 Å². The van der Waals surface area contributed by atoms with Crippen molar-refractivity contribution >= 4 is 41.2 Å². The number of hydrogen-bond acceptors (Lipinski definition) is 4. The molecule has 0 aliphatic heterocycles. The predicted octanol–water partition coefficient (Wildman–Crippen LogP) is 2.76. The Labute approximate surface area is 145 Å². The molecule has 1 unspecified atom stereocenters. The van der Waals surface area contributed by atoms with Gasteiger partial charge in [0.1, 0.15) is 0 Å². The number of rotatable bonds is 6. The third kappa shape index (κ3) is 5.67. The molecule has 23 heavy (non-hydrogen) atoms. The van der Waals surface area contributed by atoms with Crippen LogP contribution >= 0.6 is 23.7 Å². The zero-order valence-corrected chi connectivity index (χ0v) is 14.6. The summed E-state index contributed by atoms with van der Waals surface area (Å²) in [4.78, 5) is 24.5. The fourth-order valence-corrected chi connectivity index (χ4v) is 2.37. The van der Waals surface area contributed by atoms with Crippen LogP contribution in [0.5, 0.6) is 0 Å². The molecule has 0 aliphatic rings. The number of thiophene rings is 1. The van der Waals surface area contributed by atoms with Crippen molar-refractivity contribution in [2.24, 2.45) is 0 Å². The summed E-state index contributed by atoms with van der Waals surface area (Å²) in [5.41, 5.74) is 1.23. The van der Waals surface area contributed by atoms with E-state index in [1.54, 1.807) is 30.3 Å². The average Bonchev–Trinajstić information content (AvgIpc) is 3.07. The summed E-state index contributed by atoms with van der Waals surface area (Å²) in [5, 5.41) is 10.6.